The molecule has 0 bridgehead atoms. The summed E-state index contributed by atoms with van der Waals surface area (Å²) in [6, 6.07) is 10.1. The summed E-state index contributed by atoms with van der Waals surface area (Å²) in [7, 11) is 0. The van der Waals surface area contributed by atoms with E-state index in [-0.39, 0.29) is 18.5 Å². The third kappa shape index (κ3) is 7.10. The van der Waals surface area contributed by atoms with Crippen molar-refractivity contribution in [1.82, 2.24) is 14.5 Å². The van der Waals surface area contributed by atoms with Crippen LogP contribution in [0.3, 0.4) is 0 Å². The highest BCUT2D eigenvalue weighted by Gasteiger charge is 2.41. The van der Waals surface area contributed by atoms with E-state index in [1.165, 1.54) is 17.8 Å². The van der Waals surface area contributed by atoms with Gasteiger partial charge in [0.15, 0.2) is 5.79 Å². The van der Waals surface area contributed by atoms with Crippen LogP contribution in [0.4, 0.5) is 13.2 Å². The molecule has 33 heavy (non-hydrogen) atoms. The summed E-state index contributed by atoms with van der Waals surface area (Å²) in [5.74, 6) is -0.301. The summed E-state index contributed by atoms with van der Waals surface area (Å²) in [5.41, 5.74) is 0.363. The van der Waals surface area contributed by atoms with E-state index < -0.39 is 17.5 Å². The first-order valence-electron chi connectivity index (χ1n) is 9.99. The zero-order valence-electron chi connectivity index (χ0n) is 17.4. The highest BCUT2D eigenvalue weighted by Crippen LogP contribution is 2.34. The molecule has 1 aliphatic heterocycles. The first-order valence-corrected chi connectivity index (χ1v) is 11.4. The number of alkyl halides is 3. The average molecular weight is 520 g/mol. The molecule has 0 saturated carbocycles. The largest absolute Gasteiger partial charge is 0.417 e. The van der Waals surface area contributed by atoms with E-state index in [0.29, 0.717) is 35.4 Å². The molecule has 0 N–H and O–H groups in total. The topological polar surface area (TPSA) is 49.2 Å². The minimum atomic E-state index is -4.39. The Kier molecular flexibility index (Phi) is 8.69. The minimum Gasteiger partial charge on any atom is -0.345 e. The molecule has 5 nitrogen and oxygen atoms in total. The SMILES string of the molecule is Cl.FC(F)(F)c1ccc(SCC2COC(CCc3ccc(Cl)cc3)(Cn3ccnc3)O2)nc1. The van der Waals surface area contributed by atoms with Gasteiger partial charge in [-0.2, -0.15) is 13.2 Å². The lowest BCUT2D eigenvalue weighted by atomic mass is 10.0. The van der Waals surface area contributed by atoms with E-state index >= 15 is 0 Å². The number of pyridine rings is 1. The Morgan fingerprint density at radius 3 is 2.61 bits per heavy atom. The summed E-state index contributed by atoms with van der Waals surface area (Å²) in [6.07, 6.45) is 2.89. The van der Waals surface area contributed by atoms with Gasteiger partial charge in [0.2, 0.25) is 0 Å². The Morgan fingerprint density at radius 1 is 1.18 bits per heavy atom. The Bertz CT molecular complexity index is 1010. The summed E-state index contributed by atoms with van der Waals surface area (Å²) in [4.78, 5) is 8.00. The van der Waals surface area contributed by atoms with Crippen LogP contribution in [0.2, 0.25) is 5.02 Å². The Hall–Kier alpha value is -1.78. The highest BCUT2D eigenvalue weighted by atomic mass is 35.5. The van der Waals surface area contributed by atoms with E-state index in [4.69, 9.17) is 21.1 Å². The van der Waals surface area contributed by atoms with Gasteiger partial charge in [0.05, 0.1) is 36.2 Å². The van der Waals surface area contributed by atoms with E-state index in [0.717, 1.165) is 24.2 Å². The van der Waals surface area contributed by atoms with Gasteiger partial charge >= 0.3 is 6.18 Å². The molecule has 1 aliphatic rings. The third-order valence-electron chi connectivity index (χ3n) is 5.09. The molecule has 0 spiro atoms. The number of hydrogen-bond acceptors (Lipinski definition) is 5. The number of thioether (sulfide) groups is 1. The fourth-order valence-electron chi connectivity index (χ4n) is 3.45. The fourth-order valence-corrected chi connectivity index (χ4v) is 4.39. The van der Waals surface area contributed by atoms with Crippen molar-refractivity contribution in [2.45, 2.75) is 42.5 Å². The monoisotopic (exact) mass is 519 g/mol. The molecule has 2 atom stereocenters. The highest BCUT2D eigenvalue weighted by molar-refractivity contribution is 7.99. The molecule has 1 fully saturated rings. The summed E-state index contributed by atoms with van der Waals surface area (Å²) in [6.45, 7) is 0.878. The molecule has 0 amide bonds. The molecular formula is C22H22Cl2F3N3O2S. The molecule has 4 rings (SSSR count). The van der Waals surface area contributed by atoms with E-state index in [9.17, 15) is 13.2 Å². The van der Waals surface area contributed by atoms with Crippen molar-refractivity contribution < 1.29 is 22.6 Å². The van der Waals surface area contributed by atoms with Crippen molar-refractivity contribution in [1.29, 1.82) is 0 Å². The van der Waals surface area contributed by atoms with E-state index in [2.05, 4.69) is 9.97 Å². The molecule has 3 heterocycles. The Balaban J connectivity index is 0.00000306. The normalized spacial score (nSPS) is 20.5. The van der Waals surface area contributed by atoms with Gasteiger partial charge in [0.25, 0.3) is 0 Å². The van der Waals surface area contributed by atoms with Crippen LogP contribution in [0.1, 0.15) is 17.5 Å². The minimum absolute atomic E-state index is 0. The molecule has 2 aromatic heterocycles. The number of aromatic nitrogens is 3. The number of imidazole rings is 1. The van der Waals surface area contributed by atoms with E-state index in [1.807, 2.05) is 35.0 Å². The van der Waals surface area contributed by atoms with Crippen molar-refractivity contribution in [2.75, 3.05) is 12.4 Å². The lowest BCUT2D eigenvalue weighted by Crippen LogP contribution is -2.37. The lowest BCUT2D eigenvalue weighted by Gasteiger charge is -2.28. The molecule has 1 aromatic carbocycles. The summed E-state index contributed by atoms with van der Waals surface area (Å²) < 4.78 is 52.5. The van der Waals surface area contributed by atoms with Crippen LogP contribution in [0.25, 0.3) is 0 Å². The zero-order valence-corrected chi connectivity index (χ0v) is 19.8. The maximum absolute atomic E-state index is 12.7. The molecule has 11 heteroatoms. The van der Waals surface area contributed by atoms with Crippen molar-refractivity contribution >= 4 is 35.8 Å². The molecule has 0 aliphatic carbocycles. The van der Waals surface area contributed by atoms with Crippen molar-refractivity contribution in [3.63, 3.8) is 0 Å². The van der Waals surface area contributed by atoms with Gasteiger partial charge in [-0.05, 0) is 36.2 Å². The van der Waals surface area contributed by atoms with Gasteiger partial charge in [0, 0.05) is 35.8 Å². The third-order valence-corrected chi connectivity index (χ3v) is 6.41. The number of benzene rings is 1. The van der Waals surface area contributed by atoms with Crippen molar-refractivity contribution in [3.8, 4) is 0 Å². The van der Waals surface area contributed by atoms with Crippen LogP contribution in [-0.4, -0.2) is 38.8 Å². The smallest absolute Gasteiger partial charge is 0.345 e. The fraction of sp³-hybridized carbons (Fsp3) is 0.364. The number of nitrogens with zero attached hydrogens (tertiary/aromatic N) is 3. The summed E-state index contributed by atoms with van der Waals surface area (Å²) in [5, 5.41) is 1.19. The molecule has 3 aromatic rings. The lowest BCUT2D eigenvalue weighted by molar-refractivity contribution is -0.180. The van der Waals surface area contributed by atoms with Gasteiger partial charge in [-0.1, -0.05) is 23.7 Å². The predicted molar refractivity (Wildman–Crippen MR) is 123 cm³/mol. The molecular weight excluding hydrogens is 498 g/mol. The number of halogens is 5. The first kappa shape index (κ1) is 25.8. The average Bonchev–Trinajstić information content (AvgIpc) is 3.42. The number of aryl methyl sites for hydroxylation is 1. The van der Waals surface area contributed by atoms with Crippen LogP contribution >= 0.6 is 35.8 Å². The second-order valence-corrected chi connectivity index (χ2v) is 8.99. The van der Waals surface area contributed by atoms with Crippen LogP contribution in [0, 0.1) is 0 Å². The molecule has 178 valence electrons. The number of hydrogen-bond donors (Lipinski definition) is 0. The van der Waals surface area contributed by atoms with Crippen LogP contribution in [-0.2, 0) is 28.6 Å². The zero-order chi connectivity index (χ0) is 22.6. The van der Waals surface area contributed by atoms with Crippen LogP contribution in [0.15, 0.2) is 66.3 Å². The van der Waals surface area contributed by atoms with Gasteiger partial charge in [-0.15, -0.1) is 24.2 Å². The standard InChI is InChI=1S/C22H21ClF3N3O2S.ClH/c23-18-4-1-16(2-5-18)7-8-21(14-29-10-9-27-15-29)30-12-19(31-21)13-32-20-6-3-17(11-28-20)22(24,25)26;/h1-6,9-11,15,19H,7-8,12-14H2;1H. The van der Waals surface area contributed by atoms with Crippen molar-refractivity contribution in [3.05, 3.63) is 77.5 Å². The van der Waals surface area contributed by atoms with Gasteiger partial charge in [0.1, 0.15) is 0 Å². The quantitative estimate of drug-likeness (QED) is 0.346. The van der Waals surface area contributed by atoms with Gasteiger partial charge in [-0.3, -0.25) is 0 Å². The Labute approximate surface area is 205 Å². The van der Waals surface area contributed by atoms with Gasteiger partial charge < -0.3 is 14.0 Å². The van der Waals surface area contributed by atoms with Crippen LogP contribution < -0.4 is 0 Å². The second kappa shape index (κ2) is 11.1. The van der Waals surface area contributed by atoms with E-state index in [1.54, 1.807) is 12.5 Å². The molecule has 2 unspecified atom stereocenters. The first-order chi connectivity index (χ1) is 15.3. The Morgan fingerprint density at radius 2 is 1.97 bits per heavy atom. The molecule has 0 radical (unpaired) electrons. The summed E-state index contributed by atoms with van der Waals surface area (Å²) >= 11 is 7.32. The second-order valence-electron chi connectivity index (χ2n) is 7.52. The van der Waals surface area contributed by atoms with Crippen LogP contribution in [0.5, 0.6) is 0 Å². The molecule has 1 saturated heterocycles. The maximum Gasteiger partial charge on any atom is 0.417 e. The maximum atomic E-state index is 12.7. The number of ether oxygens (including phenoxy) is 2. The van der Waals surface area contributed by atoms with Crippen molar-refractivity contribution in [2.24, 2.45) is 0 Å². The predicted octanol–water partition coefficient (Wildman–Crippen LogP) is 5.91. The van der Waals surface area contributed by atoms with Gasteiger partial charge in [-0.25, -0.2) is 9.97 Å². The number of rotatable bonds is 8.